The van der Waals surface area contributed by atoms with Crippen LogP contribution >= 0.6 is 0 Å². The summed E-state index contributed by atoms with van der Waals surface area (Å²) in [6, 6.07) is 8.06. The number of nitrogens with two attached hydrogens (primary N) is 1. The second-order valence-corrected chi connectivity index (χ2v) is 4.12. The van der Waals surface area contributed by atoms with Gasteiger partial charge < -0.3 is 10.3 Å². The fourth-order valence-electron chi connectivity index (χ4n) is 1.87. The van der Waals surface area contributed by atoms with Gasteiger partial charge in [-0.05, 0) is 12.5 Å². The van der Waals surface area contributed by atoms with Gasteiger partial charge in [0.1, 0.15) is 0 Å². The van der Waals surface area contributed by atoms with Crippen LogP contribution in [0.3, 0.4) is 0 Å². The Hall–Kier alpha value is -2.56. The van der Waals surface area contributed by atoms with Crippen LogP contribution in [0.15, 0.2) is 41.2 Å². The van der Waals surface area contributed by atoms with E-state index in [9.17, 15) is 0 Å². The van der Waals surface area contributed by atoms with Gasteiger partial charge in [-0.2, -0.15) is 5.10 Å². The molecule has 5 heteroatoms. The van der Waals surface area contributed by atoms with Crippen LogP contribution < -0.4 is 5.73 Å². The molecule has 3 aromatic rings. The van der Waals surface area contributed by atoms with Crippen LogP contribution in [-0.4, -0.2) is 15.4 Å². The summed E-state index contributed by atoms with van der Waals surface area (Å²) < 4.78 is 5.29. The summed E-state index contributed by atoms with van der Waals surface area (Å²) in [5, 5.41) is 10.5. The number of rotatable bonds is 2. The lowest BCUT2D eigenvalue weighted by atomic mass is 10.0. The first kappa shape index (κ1) is 10.6. The first-order chi connectivity index (χ1) is 8.75. The molecule has 2 aromatic heterocycles. The molecule has 0 amide bonds. The fourth-order valence-corrected chi connectivity index (χ4v) is 1.87. The number of anilines is 1. The summed E-state index contributed by atoms with van der Waals surface area (Å²) in [5.41, 5.74) is 9.69. The van der Waals surface area contributed by atoms with E-state index in [1.807, 2.05) is 31.2 Å². The van der Waals surface area contributed by atoms with Crippen molar-refractivity contribution in [1.29, 1.82) is 0 Å². The molecule has 0 spiro atoms. The van der Waals surface area contributed by atoms with Gasteiger partial charge in [-0.1, -0.05) is 35.0 Å². The Labute approximate surface area is 104 Å². The quantitative estimate of drug-likeness (QED) is 0.721. The minimum absolute atomic E-state index is 0.384. The number of benzene rings is 1. The highest BCUT2D eigenvalue weighted by atomic mass is 16.5. The molecule has 0 unspecified atom stereocenters. The topological polar surface area (TPSA) is 80.7 Å². The van der Waals surface area contributed by atoms with Crippen molar-refractivity contribution in [2.24, 2.45) is 0 Å². The number of aromatic nitrogens is 3. The van der Waals surface area contributed by atoms with Crippen molar-refractivity contribution in [3.63, 3.8) is 0 Å². The zero-order chi connectivity index (χ0) is 12.5. The fraction of sp³-hybridized carbons (Fsp3) is 0.0769. The molecule has 0 saturated carbocycles. The Bertz CT molecular complexity index is 653. The van der Waals surface area contributed by atoms with Crippen molar-refractivity contribution in [3.8, 4) is 22.5 Å². The summed E-state index contributed by atoms with van der Waals surface area (Å²) in [4.78, 5) is 0. The molecule has 3 N–H and O–H groups in total. The second-order valence-electron chi connectivity index (χ2n) is 4.12. The van der Waals surface area contributed by atoms with E-state index in [0.29, 0.717) is 11.6 Å². The molecule has 0 aliphatic rings. The lowest BCUT2D eigenvalue weighted by Gasteiger charge is -2.01. The zero-order valence-electron chi connectivity index (χ0n) is 9.84. The summed E-state index contributed by atoms with van der Waals surface area (Å²) in [7, 11) is 0. The summed E-state index contributed by atoms with van der Waals surface area (Å²) in [5.74, 6) is 1.01. The van der Waals surface area contributed by atoms with Crippen molar-refractivity contribution < 1.29 is 4.52 Å². The van der Waals surface area contributed by atoms with Crippen molar-refractivity contribution in [1.82, 2.24) is 15.4 Å². The van der Waals surface area contributed by atoms with E-state index in [1.165, 1.54) is 5.56 Å². The first-order valence-corrected chi connectivity index (χ1v) is 5.57. The van der Waals surface area contributed by atoms with Crippen LogP contribution in [0.25, 0.3) is 22.5 Å². The Morgan fingerprint density at radius 2 is 1.94 bits per heavy atom. The van der Waals surface area contributed by atoms with Crippen LogP contribution in [0.4, 0.5) is 5.82 Å². The van der Waals surface area contributed by atoms with Gasteiger partial charge in [0.05, 0.1) is 17.3 Å². The second kappa shape index (κ2) is 4.03. The molecule has 0 aliphatic carbocycles. The predicted molar refractivity (Wildman–Crippen MR) is 68.7 cm³/mol. The van der Waals surface area contributed by atoms with Crippen LogP contribution in [0.1, 0.15) is 5.56 Å². The van der Waals surface area contributed by atoms with Gasteiger partial charge in [0.15, 0.2) is 11.6 Å². The molecular formula is C13H12N4O. The Balaban J connectivity index is 2.17. The van der Waals surface area contributed by atoms with Gasteiger partial charge in [-0.3, -0.25) is 5.10 Å². The standard InChI is InChI=1S/C13H12N4O/c1-8-2-4-9(5-3-8)11-12(18-17-13(11)14)10-6-15-16-7-10/h2-7H,1H3,(H2,14,17)(H,15,16). The molecule has 0 saturated heterocycles. The summed E-state index contributed by atoms with van der Waals surface area (Å²) in [6.07, 6.45) is 3.43. The van der Waals surface area contributed by atoms with E-state index in [4.69, 9.17) is 10.3 Å². The third-order valence-electron chi connectivity index (χ3n) is 2.82. The molecule has 0 bridgehead atoms. The third-order valence-corrected chi connectivity index (χ3v) is 2.82. The van der Waals surface area contributed by atoms with Crippen LogP contribution in [0, 0.1) is 6.92 Å². The van der Waals surface area contributed by atoms with Crippen molar-refractivity contribution in [2.75, 3.05) is 5.73 Å². The number of nitrogen functional groups attached to an aromatic ring is 1. The van der Waals surface area contributed by atoms with Gasteiger partial charge in [0, 0.05) is 6.20 Å². The highest BCUT2D eigenvalue weighted by Crippen LogP contribution is 2.35. The Morgan fingerprint density at radius 1 is 1.17 bits per heavy atom. The molecule has 3 rings (SSSR count). The maximum Gasteiger partial charge on any atom is 0.180 e. The molecule has 0 radical (unpaired) electrons. The average Bonchev–Trinajstić information content (AvgIpc) is 2.99. The van der Waals surface area contributed by atoms with Gasteiger partial charge in [-0.25, -0.2) is 0 Å². The highest BCUT2D eigenvalue weighted by Gasteiger charge is 2.17. The number of hydrogen-bond acceptors (Lipinski definition) is 4. The SMILES string of the molecule is Cc1ccc(-c2c(N)noc2-c2cn[nH]c2)cc1. The van der Waals surface area contributed by atoms with Crippen LogP contribution in [0.5, 0.6) is 0 Å². The highest BCUT2D eigenvalue weighted by molar-refractivity contribution is 5.86. The zero-order valence-corrected chi connectivity index (χ0v) is 9.84. The number of nitrogens with zero attached hydrogens (tertiary/aromatic N) is 2. The molecular weight excluding hydrogens is 228 g/mol. The third kappa shape index (κ3) is 1.66. The number of aryl methyl sites for hydroxylation is 1. The van der Waals surface area contributed by atoms with E-state index in [2.05, 4.69) is 15.4 Å². The first-order valence-electron chi connectivity index (χ1n) is 5.57. The molecule has 0 aliphatic heterocycles. The van der Waals surface area contributed by atoms with Gasteiger partial charge in [-0.15, -0.1) is 0 Å². The summed E-state index contributed by atoms with van der Waals surface area (Å²) >= 11 is 0. The Kier molecular flexibility index (Phi) is 2.37. The minimum Gasteiger partial charge on any atom is -0.380 e. The van der Waals surface area contributed by atoms with E-state index in [1.54, 1.807) is 12.4 Å². The predicted octanol–water partition coefficient (Wildman–Crippen LogP) is 2.62. The van der Waals surface area contributed by atoms with E-state index >= 15 is 0 Å². The number of nitrogens with one attached hydrogen (secondary N) is 1. The maximum atomic E-state index is 5.88. The molecule has 0 fully saturated rings. The molecule has 2 heterocycles. The number of hydrogen-bond donors (Lipinski definition) is 2. The summed E-state index contributed by atoms with van der Waals surface area (Å²) in [6.45, 7) is 2.04. The van der Waals surface area contributed by atoms with Gasteiger partial charge in [0.25, 0.3) is 0 Å². The number of aromatic amines is 1. The minimum atomic E-state index is 0.384. The largest absolute Gasteiger partial charge is 0.380 e. The monoisotopic (exact) mass is 240 g/mol. The van der Waals surface area contributed by atoms with Gasteiger partial charge >= 0.3 is 0 Å². The van der Waals surface area contributed by atoms with E-state index in [0.717, 1.165) is 16.7 Å². The van der Waals surface area contributed by atoms with Crippen LogP contribution in [-0.2, 0) is 0 Å². The normalized spacial score (nSPS) is 10.7. The van der Waals surface area contributed by atoms with E-state index < -0.39 is 0 Å². The van der Waals surface area contributed by atoms with Gasteiger partial charge in [0.2, 0.25) is 0 Å². The lowest BCUT2D eigenvalue weighted by molar-refractivity contribution is 0.436. The molecule has 5 nitrogen and oxygen atoms in total. The number of H-pyrrole nitrogens is 1. The lowest BCUT2D eigenvalue weighted by Crippen LogP contribution is -1.88. The molecule has 1 aromatic carbocycles. The Morgan fingerprint density at radius 3 is 2.61 bits per heavy atom. The molecule has 18 heavy (non-hydrogen) atoms. The smallest absolute Gasteiger partial charge is 0.180 e. The maximum absolute atomic E-state index is 5.88. The average molecular weight is 240 g/mol. The van der Waals surface area contributed by atoms with E-state index in [-0.39, 0.29) is 0 Å². The van der Waals surface area contributed by atoms with Crippen molar-refractivity contribution >= 4 is 5.82 Å². The van der Waals surface area contributed by atoms with Crippen molar-refractivity contribution in [3.05, 3.63) is 42.2 Å². The van der Waals surface area contributed by atoms with Crippen molar-refractivity contribution in [2.45, 2.75) is 6.92 Å². The van der Waals surface area contributed by atoms with Crippen LogP contribution in [0.2, 0.25) is 0 Å². The molecule has 90 valence electrons. The molecule has 0 atom stereocenters.